The molecule has 0 spiro atoms. The van der Waals surface area contributed by atoms with Crippen molar-refractivity contribution in [3.8, 4) is 0 Å². The highest BCUT2D eigenvalue weighted by atomic mass is 19.4. The normalized spacial score (nSPS) is 13.6. The molecule has 196 valence electrons. The summed E-state index contributed by atoms with van der Waals surface area (Å²) in [6.07, 6.45) is -2.29. The summed E-state index contributed by atoms with van der Waals surface area (Å²) in [4.78, 5) is 15.1. The number of benzene rings is 4. The number of nitrogens with zero attached hydrogens (tertiary/aromatic N) is 1. The molecule has 0 bridgehead atoms. The first-order chi connectivity index (χ1) is 18.2. The zero-order valence-corrected chi connectivity index (χ0v) is 21.3. The Labute approximate surface area is 220 Å². The first-order valence-electron chi connectivity index (χ1n) is 12.5. The molecule has 0 saturated carbocycles. The fraction of sp³-hybridized carbons (Fsp3) is 0.226. The second-order valence-corrected chi connectivity index (χ2v) is 9.18. The fourth-order valence-corrected chi connectivity index (χ4v) is 4.73. The van der Waals surface area contributed by atoms with Gasteiger partial charge in [-0.05, 0) is 81.3 Å². The van der Waals surface area contributed by atoms with Crippen molar-refractivity contribution >= 4 is 44.4 Å². The third-order valence-corrected chi connectivity index (χ3v) is 6.77. The Morgan fingerprint density at radius 1 is 0.974 bits per heavy atom. The average Bonchev–Trinajstić information content (AvgIpc) is 2.92. The number of allylic oxidation sites excluding steroid dienone is 2. The Morgan fingerprint density at radius 3 is 2.32 bits per heavy atom. The molecule has 7 heteroatoms. The van der Waals surface area contributed by atoms with Crippen molar-refractivity contribution in [1.82, 2.24) is 0 Å². The Balaban J connectivity index is 1.74. The van der Waals surface area contributed by atoms with Crippen LogP contribution >= 0.6 is 0 Å². The van der Waals surface area contributed by atoms with Crippen molar-refractivity contribution < 1.29 is 18.0 Å². The fourth-order valence-electron chi connectivity index (χ4n) is 4.73. The van der Waals surface area contributed by atoms with Crippen LogP contribution in [-0.4, -0.2) is 31.4 Å². The van der Waals surface area contributed by atoms with E-state index in [-0.39, 0.29) is 18.4 Å². The summed E-state index contributed by atoms with van der Waals surface area (Å²) in [6, 6.07) is 25.3. The minimum Gasteiger partial charge on any atom is -0.325 e. The molecule has 4 aromatic carbocycles. The van der Waals surface area contributed by atoms with Crippen LogP contribution in [-0.2, 0) is 4.79 Å². The van der Waals surface area contributed by atoms with E-state index in [2.05, 4.69) is 10.3 Å². The lowest BCUT2D eigenvalue weighted by molar-refractivity contribution is -0.114. The average molecular weight is 518 g/mol. The Bertz CT molecular complexity index is 1500. The minimum atomic E-state index is -4.56. The maximum Gasteiger partial charge on any atom is 0.432 e. The number of nitrogens with two attached hydrogens (primary N) is 1. The van der Waals surface area contributed by atoms with Gasteiger partial charge in [0.05, 0.1) is 6.54 Å². The Hall–Kier alpha value is -3.97. The number of hydrogen-bond donors (Lipinski definition) is 2. The van der Waals surface area contributed by atoms with Gasteiger partial charge in [-0.1, -0.05) is 67.6 Å². The summed E-state index contributed by atoms with van der Waals surface area (Å²) in [7, 11) is 1.16. The highest BCUT2D eigenvalue weighted by molar-refractivity contribution is 6.09. The lowest BCUT2D eigenvalue weighted by Crippen LogP contribution is -2.21. The van der Waals surface area contributed by atoms with Gasteiger partial charge in [-0.3, -0.25) is 9.79 Å². The molecule has 1 amide bonds. The van der Waals surface area contributed by atoms with E-state index in [9.17, 15) is 18.0 Å². The zero-order chi connectivity index (χ0) is 27.3. The van der Waals surface area contributed by atoms with E-state index in [1.54, 1.807) is 12.1 Å². The number of rotatable bonds is 8. The number of carbonyl (C=O) groups is 1. The molecule has 0 heterocycles. The summed E-state index contributed by atoms with van der Waals surface area (Å²) in [5, 5.41) is 6.92. The predicted octanol–water partition coefficient (Wildman–Crippen LogP) is 7.49. The van der Waals surface area contributed by atoms with Gasteiger partial charge in [0, 0.05) is 12.7 Å². The molecule has 0 saturated heterocycles. The van der Waals surface area contributed by atoms with Crippen LogP contribution in [0.4, 0.5) is 18.9 Å². The van der Waals surface area contributed by atoms with E-state index in [1.165, 1.54) is 6.08 Å². The molecule has 3 N–H and O–H groups in total. The van der Waals surface area contributed by atoms with E-state index in [0.29, 0.717) is 24.1 Å². The third-order valence-electron chi connectivity index (χ3n) is 6.77. The number of hydrogen-bond acceptors (Lipinski definition) is 3. The van der Waals surface area contributed by atoms with Gasteiger partial charge in [0.1, 0.15) is 5.71 Å². The molecular formula is C31H30F3N3O. The van der Waals surface area contributed by atoms with Gasteiger partial charge in [-0.15, -0.1) is 0 Å². The Kier molecular flexibility index (Phi) is 8.27. The number of carbonyl (C=O) groups excluding carboxylic acids is 1. The number of nitrogens with one attached hydrogen (secondary N) is 1. The number of amides is 1. The number of halogens is 3. The van der Waals surface area contributed by atoms with Crippen molar-refractivity contribution in [2.75, 3.05) is 18.9 Å². The number of aliphatic imine (C=N–C) groups is 1. The molecule has 1 unspecified atom stereocenters. The molecular weight excluding hydrogens is 487 g/mol. The minimum absolute atomic E-state index is 0.0425. The second kappa shape index (κ2) is 11.6. The van der Waals surface area contributed by atoms with Gasteiger partial charge >= 0.3 is 6.18 Å². The van der Waals surface area contributed by atoms with Crippen LogP contribution in [0.2, 0.25) is 0 Å². The molecule has 1 atom stereocenters. The largest absolute Gasteiger partial charge is 0.432 e. The van der Waals surface area contributed by atoms with E-state index < -0.39 is 11.9 Å². The lowest BCUT2D eigenvalue weighted by Gasteiger charge is -2.20. The van der Waals surface area contributed by atoms with Crippen LogP contribution in [0.25, 0.3) is 27.1 Å². The summed E-state index contributed by atoms with van der Waals surface area (Å²) in [5.41, 5.74) is 7.33. The maximum absolute atomic E-state index is 13.7. The van der Waals surface area contributed by atoms with Crippen molar-refractivity contribution in [3.63, 3.8) is 0 Å². The molecule has 0 aliphatic heterocycles. The van der Waals surface area contributed by atoms with Gasteiger partial charge < -0.3 is 11.1 Å². The van der Waals surface area contributed by atoms with Crippen molar-refractivity contribution in [1.29, 1.82) is 0 Å². The van der Waals surface area contributed by atoms with Gasteiger partial charge in [0.25, 0.3) is 0 Å². The maximum atomic E-state index is 13.7. The summed E-state index contributed by atoms with van der Waals surface area (Å²) in [5.74, 6) is -0.336. The first-order valence-corrected chi connectivity index (χ1v) is 12.5. The topological polar surface area (TPSA) is 67.5 Å². The van der Waals surface area contributed by atoms with Crippen LogP contribution in [0.15, 0.2) is 89.9 Å². The third kappa shape index (κ3) is 6.11. The van der Waals surface area contributed by atoms with Gasteiger partial charge in [0.2, 0.25) is 5.91 Å². The molecule has 4 nitrogen and oxygen atoms in total. The van der Waals surface area contributed by atoms with Gasteiger partial charge in [0.15, 0.2) is 0 Å². The van der Waals surface area contributed by atoms with Gasteiger partial charge in [-0.2, -0.15) is 13.2 Å². The smallest absolute Gasteiger partial charge is 0.325 e. The quantitative estimate of drug-likeness (QED) is 0.188. The van der Waals surface area contributed by atoms with Crippen LogP contribution in [0.1, 0.15) is 36.8 Å². The van der Waals surface area contributed by atoms with Crippen LogP contribution in [0.5, 0.6) is 0 Å². The standard InChI is InChI=1S/C31H30F3N3O/c1-3-20(21-10-13-26(14-11-21)37-30(38)19-35)16-25(18-29(36-2)31(32,33)34)23-12-15-28-24(17-23)9-8-22-6-4-5-7-27(22)28/h4-15,17-18,20H,3,16,19,35H2,1-2H3,(H,37,38)/b25-18+,36-29?. The van der Waals surface area contributed by atoms with E-state index >= 15 is 0 Å². The van der Waals surface area contributed by atoms with E-state index in [0.717, 1.165) is 39.7 Å². The summed E-state index contributed by atoms with van der Waals surface area (Å²) in [6.45, 7) is 1.90. The SMILES string of the molecule is CCC(C/C(=C\C(=NC)C(F)(F)F)c1ccc2c(ccc3ccccc32)c1)c1ccc(NC(=O)CN)cc1. The molecule has 4 rings (SSSR count). The first kappa shape index (κ1) is 27.1. The monoisotopic (exact) mass is 517 g/mol. The molecule has 0 aliphatic carbocycles. The summed E-state index contributed by atoms with van der Waals surface area (Å²) < 4.78 is 41.2. The highest BCUT2D eigenvalue weighted by Crippen LogP contribution is 2.35. The van der Waals surface area contributed by atoms with E-state index in [1.807, 2.05) is 73.7 Å². The van der Waals surface area contributed by atoms with Crippen molar-refractivity contribution in [3.05, 3.63) is 96.1 Å². The molecule has 0 aliphatic rings. The van der Waals surface area contributed by atoms with Crippen LogP contribution < -0.4 is 11.1 Å². The van der Waals surface area contributed by atoms with Crippen molar-refractivity contribution in [2.45, 2.75) is 31.9 Å². The van der Waals surface area contributed by atoms with Gasteiger partial charge in [-0.25, -0.2) is 0 Å². The summed E-state index contributed by atoms with van der Waals surface area (Å²) >= 11 is 0. The van der Waals surface area contributed by atoms with E-state index in [4.69, 9.17) is 5.73 Å². The zero-order valence-electron chi connectivity index (χ0n) is 21.3. The molecule has 0 fully saturated rings. The van der Waals surface area contributed by atoms with Crippen molar-refractivity contribution in [2.24, 2.45) is 10.7 Å². The molecule has 0 aromatic heterocycles. The number of anilines is 1. The number of alkyl halides is 3. The Morgan fingerprint density at radius 2 is 1.66 bits per heavy atom. The lowest BCUT2D eigenvalue weighted by atomic mass is 9.86. The highest BCUT2D eigenvalue weighted by Gasteiger charge is 2.34. The molecule has 4 aromatic rings. The predicted molar refractivity (Wildman–Crippen MR) is 151 cm³/mol. The molecule has 0 radical (unpaired) electrons. The van der Waals surface area contributed by atoms with Crippen LogP contribution in [0, 0.1) is 0 Å². The number of fused-ring (bicyclic) bond motifs is 3. The molecule has 38 heavy (non-hydrogen) atoms. The second-order valence-electron chi connectivity index (χ2n) is 9.18. The van der Waals surface area contributed by atoms with Crippen LogP contribution in [0.3, 0.4) is 0 Å².